The Bertz CT molecular complexity index is 823. The number of aryl methyl sites for hydroxylation is 1. The van der Waals surface area contributed by atoms with Gasteiger partial charge in [-0.1, -0.05) is 56.9 Å². The molecule has 2 atom stereocenters. The van der Waals surface area contributed by atoms with Crippen LogP contribution >= 0.6 is 12.6 Å². The van der Waals surface area contributed by atoms with Gasteiger partial charge in [0.25, 0.3) is 0 Å². The number of benzene rings is 1. The van der Waals surface area contributed by atoms with Crippen LogP contribution in [0.15, 0.2) is 24.3 Å². The van der Waals surface area contributed by atoms with E-state index in [0.717, 1.165) is 43.2 Å². The van der Waals surface area contributed by atoms with Gasteiger partial charge in [0.2, 0.25) is 11.8 Å². The molecule has 0 radical (unpaired) electrons. The average Bonchev–Trinajstić information content (AvgIpc) is 2.75. The van der Waals surface area contributed by atoms with E-state index < -0.39 is 23.8 Å². The Labute approximate surface area is 217 Å². The molecule has 0 saturated carbocycles. The van der Waals surface area contributed by atoms with E-state index in [1.54, 1.807) is 25.7 Å². The first-order valence-corrected chi connectivity index (χ1v) is 13.3. The summed E-state index contributed by atoms with van der Waals surface area (Å²) in [7, 11) is 0. The number of amides is 3. The normalized spacial score (nSPS) is 13.2. The van der Waals surface area contributed by atoms with Crippen LogP contribution in [0.5, 0.6) is 0 Å². The third-order valence-corrected chi connectivity index (χ3v) is 5.80. The second-order valence-electron chi connectivity index (χ2n) is 10.2. The molecule has 2 N–H and O–H groups in total. The van der Waals surface area contributed by atoms with E-state index in [1.807, 2.05) is 45.0 Å². The second-order valence-corrected chi connectivity index (χ2v) is 10.6. The molecule has 0 saturated heterocycles. The highest BCUT2D eigenvalue weighted by Crippen LogP contribution is 2.26. The molecule has 1 aromatic carbocycles. The van der Waals surface area contributed by atoms with Gasteiger partial charge in [-0.05, 0) is 59.1 Å². The van der Waals surface area contributed by atoms with Crippen molar-refractivity contribution < 1.29 is 19.1 Å². The number of hydrogen-bond donors (Lipinski definition) is 3. The van der Waals surface area contributed by atoms with Gasteiger partial charge in [-0.3, -0.25) is 9.59 Å². The van der Waals surface area contributed by atoms with Crippen molar-refractivity contribution in [3.05, 3.63) is 35.4 Å². The van der Waals surface area contributed by atoms with Crippen molar-refractivity contribution in [2.24, 2.45) is 0 Å². The van der Waals surface area contributed by atoms with E-state index in [9.17, 15) is 14.4 Å². The smallest absolute Gasteiger partial charge is 0.408 e. The predicted octanol–water partition coefficient (Wildman–Crippen LogP) is 5.18. The lowest BCUT2D eigenvalue weighted by atomic mass is 9.97. The third-order valence-electron chi connectivity index (χ3n) is 5.43. The van der Waals surface area contributed by atoms with Crippen molar-refractivity contribution in [1.29, 1.82) is 0 Å². The number of carbonyl (C=O) groups is 3. The summed E-state index contributed by atoms with van der Waals surface area (Å²) >= 11 is 4.34. The minimum absolute atomic E-state index is 0.0801. The molecule has 198 valence electrons. The Hall–Kier alpha value is -2.22. The molecule has 0 aromatic heterocycles. The molecule has 2 unspecified atom stereocenters. The molecular formula is C27H45N3O4S. The standard InChI is InChI=1S/C27H45N3O4S/c1-8-9-10-11-14-17-30(25(32)22(18-35)29-26(33)34-27(5,6)7)23(24(31)28-19(2)3)21-16-13-12-15-20(21)4/h12-13,15-16,19,22-23,35H,8-11,14,17-18H2,1-7H3,(H,28,31)(H,29,33). The van der Waals surface area contributed by atoms with E-state index in [1.165, 1.54) is 0 Å². The number of hydrogen-bond acceptors (Lipinski definition) is 5. The van der Waals surface area contributed by atoms with E-state index in [-0.39, 0.29) is 23.6 Å². The number of nitrogens with one attached hydrogen (secondary N) is 2. The first-order chi connectivity index (χ1) is 16.4. The minimum Gasteiger partial charge on any atom is -0.444 e. The number of unbranched alkanes of at least 4 members (excludes halogenated alkanes) is 4. The third kappa shape index (κ3) is 10.9. The monoisotopic (exact) mass is 507 g/mol. The van der Waals surface area contributed by atoms with Gasteiger partial charge in [-0.15, -0.1) is 0 Å². The van der Waals surface area contributed by atoms with Crippen LogP contribution in [0.2, 0.25) is 0 Å². The van der Waals surface area contributed by atoms with Gasteiger partial charge in [0.05, 0.1) is 0 Å². The highest BCUT2D eigenvalue weighted by atomic mass is 32.1. The number of nitrogens with zero attached hydrogens (tertiary/aromatic N) is 1. The molecule has 0 aliphatic carbocycles. The maximum atomic E-state index is 13.8. The van der Waals surface area contributed by atoms with Gasteiger partial charge in [-0.25, -0.2) is 4.79 Å². The zero-order valence-corrected chi connectivity index (χ0v) is 23.4. The van der Waals surface area contributed by atoms with Crippen molar-refractivity contribution in [3.8, 4) is 0 Å². The van der Waals surface area contributed by atoms with E-state index in [2.05, 4.69) is 30.2 Å². The van der Waals surface area contributed by atoms with Crippen LogP contribution in [0.4, 0.5) is 4.79 Å². The van der Waals surface area contributed by atoms with Crippen LogP contribution in [0.1, 0.15) is 90.8 Å². The maximum Gasteiger partial charge on any atom is 0.408 e. The number of rotatable bonds is 13. The molecule has 7 nitrogen and oxygen atoms in total. The van der Waals surface area contributed by atoms with Crippen LogP contribution < -0.4 is 10.6 Å². The molecular weight excluding hydrogens is 462 g/mol. The molecule has 0 spiro atoms. The zero-order chi connectivity index (χ0) is 26.6. The Morgan fingerprint density at radius 2 is 1.66 bits per heavy atom. The van der Waals surface area contributed by atoms with E-state index in [4.69, 9.17) is 4.74 Å². The Balaban J connectivity index is 3.35. The number of thiol groups is 1. The number of carbonyl (C=O) groups excluding carboxylic acids is 3. The average molecular weight is 508 g/mol. The summed E-state index contributed by atoms with van der Waals surface area (Å²) in [5.74, 6) is -0.517. The minimum atomic E-state index is -0.929. The van der Waals surface area contributed by atoms with Crippen molar-refractivity contribution >= 4 is 30.5 Å². The molecule has 3 amide bonds. The summed E-state index contributed by atoms with van der Waals surface area (Å²) in [5, 5.41) is 5.63. The largest absolute Gasteiger partial charge is 0.444 e. The van der Waals surface area contributed by atoms with Crippen LogP contribution in [0.25, 0.3) is 0 Å². The van der Waals surface area contributed by atoms with Gasteiger partial charge in [-0.2, -0.15) is 12.6 Å². The second kappa shape index (κ2) is 15.0. The first kappa shape index (κ1) is 30.8. The lowest BCUT2D eigenvalue weighted by Gasteiger charge is -2.35. The highest BCUT2D eigenvalue weighted by molar-refractivity contribution is 7.80. The van der Waals surface area contributed by atoms with Crippen LogP contribution in [0, 0.1) is 6.92 Å². The van der Waals surface area contributed by atoms with Crippen molar-refractivity contribution in [2.75, 3.05) is 12.3 Å². The Morgan fingerprint density at radius 3 is 2.20 bits per heavy atom. The number of ether oxygens (including phenoxy) is 1. The summed E-state index contributed by atoms with van der Waals surface area (Å²) in [6.07, 6.45) is 4.34. The molecule has 0 bridgehead atoms. The topological polar surface area (TPSA) is 87.7 Å². The van der Waals surface area contributed by atoms with Gasteiger partial charge in [0, 0.05) is 18.3 Å². The summed E-state index contributed by atoms with van der Waals surface area (Å²) in [5.41, 5.74) is 0.985. The lowest BCUT2D eigenvalue weighted by Crippen LogP contribution is -2.54. The van der Waals surface area contributed by atoms with E-state index in [0.29, 0.717) is 6.54 Å². The quantitative estimate of drug-likeness (QED) is 0.253. The fourth-order valence-corrected chi connectivity index (χ4v) is 4.04. The van der Waals surface area contributed by atoms with Crippen LogP contribution in [0.3, 0.4) is 0 Å². The van der Waals surface area contributed by atoms with Crippen molar-refractivity contribution in [1.82, 2.24) is 15.5 Å². The lowest BCUT2D eigenvalue weighted by molar-refractivity contribution is -0.142. The number of alkyl carbamates (subject to hydrolysis) is 1. The maximum absolute atomic E-state index is 13.8. The summed E-state index contributed by atoms with van der Waals surface area (Å²) in [6.45, 7) is 13.6. The SMILES string of the molecule is CCCCCCCN(C(=O)C(CS)NC(=O)OC(C)(C)C)C(C(=O)NC(C)C)c1ccccc1C. The fraction of sp³-hybridized carbons (Fsp3) is 0.667. The molecule has 0 fully saturated rings. The van der Waals surface area contributed by atoms with Gasteiger partial charge >= 0.3 is 6.09 Å². The molecule has 8 heteroatoms. The highest BCUT2D eigenvalue weighted by Gasteiger charge is 2.36. The summed E-state index contributed by atoms with van der Waals surface area (Å²) in [4.78, 5) is 41.4. The van der Waals surface area contributed by atoms with Gasteiger partial charge < -0.3 is 20.3 Å². The molecule has 0 aliphatic rings. The molecule has 0 aliphatic heterocycles. The Kier molecular flexibility index (Phi) is 13.2. The summed E-state index contributed by atoms with van der Waals surface area (Å²) in [6, 6.07) is 5.77. The van der Waals surface area contributed by atoms with E-state index >= 15 is 0 Å². The molecule has 1 rings (SSSR count). The predicted molar refractivity (Wildman–Crippen MR) is 145 cm³/mol. The zero-order valence-electron chi connectivity index (χ0n) is 22.5. The first-order valence-electron chi connectivity index (χ1n) is 12.7. The fourth-order valence-electron chi connectivity index (χ4n) is 3.80. The molecule has 35 heavy (non-hydrogen) atoms. The van der Waals surface area contributed by atoms with Crippen LogP contribution in [-0.2, 0) is 14.3 Å². The molecule has 1 aromatic rings. The van der Waals surface area contributed by atoms with Gasteiger partial charge in [0.1, 0.15) is 17.7 Å². The van der Waals surface area contributed by atoms with Crippen molar-refractivity contribution in [2.45, 2.75) is 104 Å². The van der Waals surface area contributed by atoms with Gasteiger partial charge in [0.15, 0.2) is 0 Å². The van der Waals surface area contributed by atoms with Crippen LogP contribution in [-0.4, -0.2) is 52.8 Å². The Morgan fingerprint density at radius 1 is 1.03 bits per heavy atom. The van der Waals surface area contributed by atoms with Crippen molar-refractivity contribution in [3.63, 3.8) is 0 Å². The summed E-state index contributed by atoms with van der Waals surface area (Å²) < 4.78 is 5.36. The molecule has 0 heterocycles.